The molecule has 2 atom stereocenters. The molecule has 0 fully saturated rings. The molecule has 0 radical (unpaired) electrons. The minimum atomic E-state index is -0.659. The molecule has 2 unspecified atom stereocenters. The molecule has 0 aliphatic carbocycles. The Morgan fingerprint density at radius 3 is 2.50 bits per heavy atom. The quantitative estimate of drug-likeness (QED) is 0.619. The van der Waals surface area contributed by atoms with Gasteiger partial charge in [-0.2, -0.15) is 0 Å². The van der Waals surface area contributed by atoms with E-state index in [1.54, 1.807) is 6.92 Å². The molecular formula is C12H25NO3. The van der Waals surface area contributed by atoms with Crippen LogP contribution in [0.5, 0.6) is 0 Å². The van der Waals surface area contributed by atoms with Gasteiger partial charge in [0.1, 0.15) is 0 Å². The number of ether oxygens (including phenoxy) is 1. The number of aliphatic hydroxyl groups excluding tert-OH is 1. The molecule has 0 aliphatic heterocycles. The Hall–Kier alpha value is -0.610. The molecule has 0 aliphatic rings. The number of rotatable bonds is 8. The molecular weight excluding hydrogens is 206 g/mol. The van der Waals surface area contributed by atoms with E-state index in [0.717, 1.165) is 6.42 Å². The first kappa shape index (κ1) is 15.4. The van der Waals surface area contributed by atoms with Crippen LogP contribution in [0.3, 0.4) is 0 Å². The highest BCUT2D eigenvalue weighted by molar-refractivity contribution is 5.69. The maximum atomic E-state index is 11.1. The van der Waals surface area contributed by atoms with Crippen molar-refractivity contribution < 1.29 is 14.6 Å². The monoisotopic (exact) mass is 231 g/mol. The molecule has 2 N–H and O–H groups in total. The third-order valence-electron chi connectivity index (χ3n) is 2.23. The molecule has 96 valence electrons. The molecule has 0 aromatic rings. The molecule has 4 heteroatoms. The van der Waals surface area contributed by atoms with E-state index in [9.17, 15) is 9.90 Å². The second-order valence-electron chi connectivity index (χ2n) is 4.60. The summed E-state index contributed by atoms with van der Waals surface area (Å²) in [6.45, 7) is 8.96. The summed E-state index contributed by atoms with van der Waals surface area (Å²) in [5, 5.41) is 12.8. The fourth-order valence-corrected chi connectivity index (χ4v) is 1.61. The summed E-state index contributed by atoms with van der Waals surface area (Å²) >= 11 is 0. The fraction of sp³-hybridized carbons (Fsp3) is 0.917. The van der Waals surface area contributed by atoms with Gasteiger partial charge in [0.15, 0.2) is 0 Å². The first-order valence-corrected chi connectivity index (χ1v) is 6.02. The molecule has 0 rings (SSSR count). The number of esters is 1. The first-order chi connectivity index (χ1) is 7.45. The van der Waals surface area contributed by atoms with Gasteiger partial charge in [-0.25, -0.2) is 0 Å². The lowest BCUT2D eigenvalue weighted by molar-refractivity contribution is -0.145. The molecule has 0 amide bonds. The number of hydrogen-bond donors (Lipinski definition) is 2. The largest absolute Gasteiger partial charge is 0.466 e. The van der Waals surface area contributed by atoms with E-state index in [0.29, 0.717) is 25.1 Å². The van der Waals surface area contributed by atoms with Gasteiger partial charge >= 0.3 is 5.97 Å². The van der Waals surface area contributed by atoms with Crippen LogP contribution in [0.25, 0.3) is 0 Å². The second kappa shape index (κ2) is 8.53. The van der Waals surface area contributed by atoms with E-state index in [1.165, 1.54) is 0 Å². The number of aliphatic hydroxyl groups is 1. The smallest absolute Gasteiger partial charge is 0.308 e. The average Bonchev–Trinajstić information content (AvgIpc) is 2.14. The van der Waals surface area contributed by atoms with Gasteiger partial charge in [-0.05, 0) is 26.2 Å². The predicted molar refractivity (Wildman–Crippen MR) is 64.2 cm³/mol. The van der Waals surface area contributed by atoms with Crippen molar-refractivity contribution in [1.29, 1.82) is 0 Å². The number of nitrogens with one attached hydrogen (secondary N) is 1. The highest BCUT2D eigenvalue weighted by Gasteiger charge is 2.13. The van der Waals surface area contributed by atoms with Crippen molar-refractivity contribution >= 4 is 5.97 Å². The van der Waals surface area contributed by atoms with Gasteiger partial charge < -0.3 is 15.2 Å². The molecule has 4 nitrogen and oxygen atoms in total. The highest BCUT2D eigenvalue weighted by atomic mass is 16.5. The average molecular weight is 231 g/mol. The number of carbonyl (C=O) groups is 1. The third-order valence-corrected chi connectivity index (χ3v) is 2.23. The maximum absolute atomic E-state index is 11.1. The summed E-state index contributed by atoms with van der Waals surface area (Å²) in [4.78, 5) is 11.1. The van der Waals surface area contributed by atoms with Crippen LogP contribution < -0.4 is 5.32 Å². The SMILES string of the molecule is CCOC(=O)CC(O)CNC(C)CC(C)C. The maximum Gasteiger partial charge on any atom is 0.308 e. The summed E-state index contributed by atoms with van der Waals surface area (Å²) in [5.74, 6) is 0.290. The lowest BCUT2D eigenvalue weighted by atomic mass is 10.1. The van der Waals surface area contributed by atoms with Crippen molar-refractivity contribution in [3.63, 3.8) is 0 Å². The highest BCUT2D eigenvalue weighted by Crippen LogP contribution is 2.04. The van der Waals surface area contributed by atoms with Crippen molar-refractivity contribution in [2.24, 2.45) is 5.92 Å². The lowest BCUT2D eigenvalue weighted by Gasteiger charge is -2.18. The van der Waals surface area contributed by atoms with Gasteiger partial charge in [0.25, 0.3) is 0 Å². The van der Waals surface area contributed by atoms with Crippen molar-refractivity contribution in [3.8, 4) is 0 Å². The Bertz CT molecular complexity index is 195. The van der Waals surface area contributed by atoms with Crippen LogP contribution in [-0.4, -0.2) is 36.4 Å². The van der Waals surface area contributed by atoms with E-state index < -0.39 is 6.10 Å². The summed E-state index contributed by atoms with van der Waals surface area (Å²) in [6, 6.07) is 0.358. The van der Waals surface area contributed by atoms with Crippen LogP contribution in [0.15, 0.2) is 0 Å². The number of hydrogen-bond acceptors (Lipinski definition) is 4. The zero-order chi connectivity index (χ0) is 12.6. The van der Waals surface area contributed by atoms with Crippen LogP contribution >= 0.6 is 0 Å². The Labute approximate surface area is 98.4 Å². The van der Waals surface area contributed by atoms with Crippen LogP contribution in [-0.2, 0) is 9.53 Å². The van der Waals surface area contributed by atoms with Crippen LogP contribution in [0, 0.1) is 5.92 Å². The second-order valence-corrected chi connectivity index (χ2v) is 4.60. The van der Waals surface area contributed by atoms with Crippen molar-refractivity contribution in [2.75, 3.05) is 13.2 Å². The van der Waals surface area contributed by atoms with E-state index in [1.807, 2.05) is 0 Å². The van der Waals surface area contributed by atoms with E-state index in [2.05, 4.69) is 26.1 Å². The van der Waals surface area contributed by atoms with Gasteiger partial charge in [-0.15, -0.1) is 0 Å². The first-order valence-electron chi connectivity index (χ1n) is 6.02. The Morgan fingerprint density at radius 2 is 2.00 bits per heavy atom. The summed E-state index contributed by atoms with van der Waals surface area (Å²) in [7, 11) is 0. The van der Waals surface area contributed by atoms with Crippen LogP contribution in [0.2, 0.25) is 0 Å². The standard InChI is InChI=1S/C12H25NO3/c1-5-16-12(15)7-11(14)8-13-10(4)6-9(2)3/h9-11,13-14H,5-8H2,1-4H3. The molecule has 0 saturated carbocycles. The minimum absolute atomic E-state index is 0.0647. The van der Waals surface area contributed by atoms with Crippen molar-refractivity contribution in [2.45, 2.75) is 52.7 Å². The van der Waals surface area contributed by atoms with Gasteiger partial charge in [0, 0.05) is 12.6 Å². The topological polar surface area (TPSA) is 58.6 Å². The van der Waals surface area contributed by atoms with Gasteiger partial charge in [-0.3, -0.25) is 4.79 Å². The summed E-state index contributed by atoms with van der Waals surface area (Å²) in [6.07, 6.45) is 0.468. The van der Waals surface area contributed by atoms with E-state index >= 15 is 0 Å². The molecule has 16 heavy (non-hydrogen) atoms. The van der Waals surface area contributed by atoms with Gasteiger partial charge in [-0.1, -0.05) is 13.8 Å². The molecule has 0 bridgehead atoms. The molecule has 0 aromatic heterocycles. The van der Waals surface area contributed by atoms with Gasteiger partial charge in [0.05, 0.1) is 19.1 Å². The van der Waals surface area contributed by atoms with E-state index in [-0.39, 0.29) is 12.4 Å². The zero-order valence-corrected chi connectivity index (χ0v) is 10.8. The Balaban J connectivity index is 3.63. The normalized spacial score (nSPS) is 14.9. The molecule has 0 spiro atoms. The summed E-state index contributed by atoms with van der Waals surface area (Å²) in [5.41, 5.74) is 0. The number of carbonyl (C=O) groups excluding carboxylic acids is 1. The third kappa shape index (κ3) is 8.68. The lowest BCUT2D eigenvalue weighted by Crippen LogP contribution is -2.35. The summed E-state index contributed by atoms with van der Waals surface area (Å²) < 4.78 is 4.76. The Morgan fingerprint density at radius 1 is 1.38 bits per heavy atom. The Kier molecular flexibility index (Phi) is 8.21. The minimum Gasteiger partial charge on any atom is -0.466 e. The zero-order valence-electron chi connectivity index (χ0n) is 10.8. The van der Waals surface area contributed by atoms with Crippen LogP contribution in [0.1, 0.15) is 40.5 Å². The van der Waals surface area contributed by atoms with Crippen molar-refractivity contribution in [3.05, 3.63) is 0 Å². The van der Waals surface area contributed by atoms with Crippen molar-refractivity contribution in [1.82, 2.24) is 5.32 Å². The fourth-order valence-electron chi connectivity index (χ4n) is 1.61. The van der Waals surface area contributed by atoms with E-state index in [4.69, 9.17) is 4.74 Å². The molecule has 0 heterocycles. The van der Waals surface area contributed by atoms with Gasteiger partial charge in [0.2, 0.25) is 0 Å². The molecule has 0 saturated heterocycles. The van der Waals surface area contributed by atoms with Crippen LogP contribution in [0.4, 0.5) is 0 Å². The molecule has 0 aromatic carbocycles. The predicted octanol–water partition coefficient (Wildman–Crippen LogP) is 1.32.